The summed E-state index contributed by atoms with van der Waals surface area (Å²) < 4.78 is 0.914. The van der Waals surface area contributed by atoms with Crippen molar-refractivity contribution in [1.29, 1.82) is 0 Å². The summed E-state index contributed by atoms with van der Waals surface area (Å²) in [4.78, 5) is 4.23. The predicted octanol–water partition coefficient (Wildman–Crippen LogP) is 1.19. The van der Waals surface area contributed by atoms with Gasteiger partial charge in [0.2, 0.25) is 0 Å². The molecule has 1 aromatic heterocycles. The van der Waals surface area contributed by atoms with Gasteiger partial charge in [-0.05, 0) is 34.5 Å². The minimum atomic E-state index is -0.0741. The maximum absolute atomic E-state index is 9.03. The van der Waals surface area contributed by atoms with E-state index in [0.717, 1.165) is 15.7 Å². The van der Waals surface area contributed by atoms with Crippen molar-refractivity contribution in [3.8, 4) is 0 Å². The van der Waals surface area contributed by atoms with Crippen molar-refractivity contribution < 1.29 is 5.11 Å². The third-order valence-electron chi connectivity index (χ3n) is 1.90. The first-order valence-corrected chi connectivity index (χ1v) is 4.91. The monoisotopic (exact) mass is 244 g/mol. The Morgan fingerprint density at radius 2 is 2.38 bits per heavy atom. The van der Waals surface area contributed by atoms with Gasteiger partial charge < -0.3 is 10.8 Å². The molecule has 0 amide bonds. The van der Waals surface area contributed by atoms with Gasteiger partial charge in [-0.25, -0.2) is 0 Å². The lowest BCUT2D eigenvalue weighted by molar-refractivity contribution is 0.265. The number of nitrogens with zero attached hydrogens (tertiary/aromatic N) is 1. The van der Waals surface area contributed by atoms with Gasteiger partial charge in [0, 0.05) is 23.1 Å². The van der Waals surface area contributed by atoms with Crippen molar-refractivity contribution in [3.05, 3.63) is 28.0 Å². The van der Waals surface area contributed by atoms with Gasteiger partial charge in [0.05, 0.1) is 12.3 Å². The number of aliphatic hydroxyl groups is 1. The quantitative estimate of drug-likeness (QED) is 0.840. The maximum atomic E-state index is 9.03. The number of hydrogen-bond donors (Lipinski definition) is 2. The topological polar surface area (TPSA) is 59.1 Å². The zero-order valence-corrected chi connectivity index (χ0v) is 9.08. The van der Waals surface area contributed by atoms with Crippen molar-refractivity contribution >= 4 is 15.9 Å². The van der Waals surface area contributed by atoms with Crippen LogP contribution >= 0.6 is 15.9 Å². The van der Waals surface area contributed by atoms with Gasteiger partial charge in [0.15, 0.2) is 0 Å². The van der Waals surface area contributed by atoms with Gasteiger partial charge in [0.25, 0.3) is 0 Å². The average molecular weight is 245 g/mol. The van der Waals surface area contributed by atoms with E-state index in [2.05, 4.69) is 20.9 Å². The molecule has 3 nitrogen and oxygen atoms in total. The van der Waals surface area contributed by atoms with Gasteiger partial charge in [0.1, 0.15) is 0 Å². The molecule has 0 fully saturated rings. The average Bonchev–Trinajstić information content (AvgIpc) is 2.10. The van der Waals surface area contributed by atoms with Crippen LogP contribution < -0.4 is 5.73 Å². The fraction of sp³-hybridized carbons (Fsp3) is 0.444. The van der Waals surface area contributed by atoms with Crippen molar-refractivity contribution in [2.75, 3.05) is 13.2 Å². The van der Waals surface area contributed by atoms with E-state index >= 15 is 0 Å². The number of pyridine rings is 1. The second-order valence-electron chi connectivity index (χ2n) is 2.99. The maximum Gasteiger partial charge on any atom is 0.0612 e. The Kier molecular flexibility index (Phi) is 3.84. The first-order chi connectivity index (χ1) is 6.19. The number of nitrogens with two attached hydrogens (primary N) is 1. The second kappa shape index (κ2) is 4.69. The number of aliphatic hydroxyl groups excluding tert-OH is 1. The molecule has 0 saturated carbocycles. The largest absolute Gasteiger partial charge is 0.396 e. The first kappa shape index (κ1) is 10.6. The number of aryl methyl sites for hydroxylation is 1. The van der Waals surface area contributed by atoms with E-state index in [1.165, 1.54) is 0 Å². The summed E-state index contributed by atoms with van der Waals surface area (Å²) in [7, 11) is 0. The minimum absolute atomic E-state index is 0.0329. The standard InChI is InChI=1S/C9H13BrN2O/c1-6-2-8(10)9(12-4-6)7(3-11)5-13/h2,4,7,13H,3,5,11H2,1H3. The predicted molar refractivity (Wildman–Crippen MR) is 55.6 cm³/mol. The van der Waals surface area contributed by atoms with Gasteiger partial charge in [-0.15, -0.1) is 0 Å². The third kappa shape index (κ3) is 2.49. The highest BCUT2D eigenvalue weighted by Crippen LogP contribution is 2.22. The highest BCUT2D eigenvalue weighted by molar-refractivity contribution is 9.10. The minimum Gasteiger partial charge on any atom is -0.396 e. The molecule has 1 aromatic rings. The van der Waals surface area contributed by atoms with Crippen LogP contribution in [0.2, 0.25) is 0 Å². The molecule has 3 N–H and O–H groups in total. The number of hydrogen-bond acceptors (Lipinski definition) is 3. The lowest BCUT2D eigenvalue weighted by Crippen LogP contribution is -2.17. The first-order valence-electron chi connectivity index (χ1n) is 4.12. The lowest BCUT2D eigenvalue weighted by Gasteiger charge is -2.12. The van der Waals surface area contributed by atoms with Crippen molar-refractivity contribution in [1.82, 2.24) is 4.98 Å². The van der Waals surface area contributed by atoms with Gasteiger partial charge >= 0.3 is 0 Å². The molecule has 0 aliphatic carbocycles. The molecule has 4 heteroatoms. The Bertz CT molecular complexity index is 287. The van der Waals surface area contributed by atoms with Crippen LogP contribution in [0, 0.1) is 6.92 Å². The van der Waals surface area contributed by atoms with Crippen LogP contribution in [0.1, 0.15) is 17.2 Å². The van der Waals surface area contributed by atoms with Crippen LogP contribution in [-0.2, 0) is 0 Å². The highest BCUT2D eigenvalue weighted by Gasteiger charge is 2.13. The summed E-state index contributed by atoms with van der Waals surface area (Å²) in [5.41, 5.74) is 7.42. The molecule has 1 atom stereocenters. The molecule has 0 bridgehead atoms. The van der Waals surface area contributed by atoms with Crippen LogP contribution in [0.3, 0.4) is 0 Å². The van der Waals surface area contributed by atoms with Gasteiger partial charge in [-0.2, -0.15) is 0 Å². The van der Waals surface area contributed by atoms with Crippen LogP contribution in [0.4, 0.5) is 0 Å². The van der Waals surface area contributed by atoms with Crippen molar-refractivity contribution in [2.45, 2.75) is 12.8 Å². The molecule has 1 rings (SSSR count). The molecule has 0 aromatic carbocycles. The van der Waals surface area contributed by atoms with E-state index in [1.807, 2.05) is 13.0 Å². The van der Waals surface area contributed by atoms with E-state index in [9.17, 15) is 0 Å². The van der Waals surface area contributed by atoms with E-state index in [4.69, 9.17) is 10.8 Å². The summed E-state index contributed by atoms with van der Waals surface area (Å²) in [6, 6.07) is 1.97. The Balaban J connectivity index is 2.99. The zero-order chi connectivity index (χ0) is 9.84. The molecule has 1 unspecified atom stereocenters. The van der Waals surface area contributed by atoms with E-state index in [1.54, 1.807) is 6.20 Å². The molecule has 0 saturated heterocycles. The second-order valence-corrected chi connectivity index (χ2v) is 3.85. The summed E-state index contributed by atoms with van der Waals surface area (Å²) in [5, 5.41) is 9.03. The van der Waals surface area contributed by atoms with Crippen LogP contribution in [0.5, 0.6) is 0 Å². The Morgan fingerprint density at radius 1 is 1.69 bits per heavy atom. The molecular weight excluding hydrogens is 232 g/mol. The van der Waals surface area contributed by atoms with Crippen LogP contribution in [0.15, 0.2) is 16.7 Å². The Labute approximate surface area is 86.1 Å². The van der Waals surface area contributed by atoms with E-state index in [0.29, 0.717) is 6.54 Å². The Morgan fingerprint density at radius 3 is 2.85 bits per heavy atom. The number of rotatable bonds is 3. The summed E-state index contributed by atoms with van der Waals surface area (Å²) in [5.74, 6) is -0.0741. The molecular formula is C9H13BrN2O. The summed E-state index contributed by atoms with van der Waals surface area (Å²) >= 11 is 3.40. The molecule has 72 valence electrons. The molecule has 13 heavy (non-hydrogen) atoms. The van der Waals surface area contributed by atoms with E-state index < -0.39 is 0 Å². The zero-order valence-electron chi connectivity index (χ0n) is 7.50. The summed E-state index contributed by atoms with van der Waals surface area (Å²) in [6.07, 6.45) is 1.78. The van der Waals surface area contributed by atoms with Gasteiger partial charge in [-0.1, -0.05) is 0 Å². The lowest BCUT2D eigenvalue weighted by atomic mass is 10.1. The van der Waals surface area contributed by atoms with Crippen LogP contribution in [-0.4, -0.2) is 23.2 Å². The highest BCUT2D eigenvalue weighted by atomic mass is 79.9. The fourth-order valence-corrected chi connectivity index (χ4v) is 1.90. The molecule has 0 aliphatic rings. The summed E-state index contributed by atoms with van der Waals surface area (Å²) in [6.45, 7) is 2.41. The smallest absolute Gasteiger partial charge is 0.0612 e. The fourth-order valence-electron chi connectivity index (χ4n) is 1.12. The number of halogens is 1. The number of aromatic nitrogens is 1. The van der Waals surface area contributed by atoms with Crippen molar-refractivity contribution in [3.63, 3.8) is 0 Å². The Hall–Kier alpha value is -0.450. The van der Waals surface area contributed by atoms with Crippen molar-refractivity contribution in [2.24, 2.45) is 5.73 Å². The van der Waals surface area contributed by atoms with E-state index in [-0.39, 0.29) is 12.5 Å². The molecule has 0 aliphatic heterocycles. The molecule has 0 spiro atoms. The van der Waals surface area contributed by atoms with Gasteiger partial charge in [-0.3, -0.25) is 4.98 Å². The third-order valence-corrected chi connectivity index (χ3v) is 2.53. The van der Waals surface area contributed by atoms with Crippen LogP contribution in [0.25, 0.3) is 0 Å². The molecule has 0 radical (unpaired) electrons. The molecule has 1 heterocycles. The normalized spacial score (nSPS) is 12.9. The SMILES string of the molecule is Cc1cnc(C(CN)CO)c(Br)c1.